The van der Waals surface area contributed by atoms with Gasteiger partial charge in [0.2, 0.25) is 0 Å². The molecule has 0 atom stereocenters. The highest BCUT2D eigenvalue weighted by Gasteiger charge is 2.00. The molecule has 0 aromatic heterocycles. The Kier molecular flexibility index (Phi) is 3.76. The van der Waals surface area contributed by atoms with Gasteiger partial charge < -0.3 is 11.1 Å². The molecule has 1 rings (SSSR count). The van der Waals surface area contributed by atoms with Gasteiger partial charge in [-0.2, -0.15) is 0 Å². The second kappa shape index (κ2) is 4.85. The van der Waals surface area contributed by atoms with Crippen LogP contribution < -0.4 is 11.1 Å². The molecule has 0 spiro atoms. The quantitative estimate of drug-likeness (QED) is 0.749. The fourth-order valence-electron chi connectivity index (χ4n) is 1.09. The lowest BCUT2D eigenvalue weighted by Gasteiger charge is -2.04. The van der Waals surface area contributed by atoms with E-state index in [1.807, 2.05) is 0 Å². The summed E-state index contributed by atoms with van der Waals surface area (Å²) < 4.78 is 25.4. The van der Waals surface area contributed by atoms with E-state index in [4.69, 9.17) is 5.73 Å². The van der Waals surface area contributed by atoms with Gasteiger partial charge in [0.1, 0.15) is 11.6 Å². The Bertz CT molecular complexity index is 321. The minimum Gasteiger partial charge on any atom is -0.376 e. The fourth-order valence-corrected chi connectivity index (χ4v) is 1.19. The summed E-state index contributed by atoms with van der Waals surface area (Å²) in [4.78, 5) is 0. The summed E-state index contributed by atoms with van der Waals surface area (Å²) in [6.45, 7) is 0.470. The Hall–Kier alpha value is -1.23. The minimum atomic E-state index is -0.574. The lowest BCUT2D eigenvalue weighted by Crippen LogP contribution is -2.30. The Balaban J connectivity index is 2.54. The monoisotopic (exact) mass is 216 g/mol. The lowest BCUT2D eigenvalue weighted by atomic mass is 10.1. The van der Waals surface area contributed by atoms with Crippen molar-refractivity contribution < 1.29 is 8.78 Å². The number of halogens is 2. The Morgan fingerprint density at radius 1 is 1.29 bits per heavy atom. The van der Waals surface area contributed by atoms with E-state index in [9.17, 15) is 8.78 Å². The van der Waals surface area contributed by atoms with Crippen LogP contribution in [0.15, 0.2) is 18.2 Å². The van der Waals surface area contributed by atoms with E-state index in [0.29, 0.717) is 18.5 Å². The van der Waals surface area contributed by atoms with Crippen molar-refractivity contribution in [2.45, 2.75) is 6.42 Å². The summed E-state index contributed by atoms with van der Waals surface area (Å²) in [6, 6.07) is 3.40. The molecule has 0 bridgehead atoms. The molecule has 0 radical (unpaired) electrons. The zero-order valence-corrected chi connectivity index (χ0v) is 8.20. The largest absolute Gasteiger partial charge is 0.376 e. The first kappa shape index (κ1) is 10.8. The highest BCUT2D eigenvalue weighted by atomic mass is 32.1. The number of hydrogen-bond donors (Lipinski definition) is 2. The number of thiocarbonyl (C=S) groups is 1. The predicted octanol–water partition coefficient (Wildman–Crippen LogP) is 1.34. The van der Waals surface area contributed by atoms with Crippen molar-refractivity contribution >= 4 is 17.3 Å². The molecule has 0 amide bonds. The van der Waals surface area contributed by atoms with E-state index in [2.05, 4.69) is 17.5 Å². The number of hydrogen-bond acceptors (Lipinski definition) is 1. The number of nitrogens with one attached hydrogen (secondary N) is 1. The summed E-state index contributed by atoms with van der Waals surface area (Å²) >= 11 is 4.58. The molecule has 0 aliphatic carbocycles. The highest BCUT2D eigenvalue weighted by molar-refractivity contribution is 7.80. The topological polar surface area (TPSA) is 38.0 Å². The third-order valence-corrected chi connectivity index (χ3v) is 1.78. The molecule has 2 nitrogen and oxygen atoms in total. The summed E-state index contributed by atoms with van der Waals surface area (Å²) in [6.07, 6.45) is 0.478. The maximum atomic E-state index is 12.7. The molecule has 0 heterocycles. The van der Waals surface area contributed by atoms with E-state index in [-0.39, 0.29) is 5.11 Å². The van der Waals surface area contributed by atoms with Crippen LogP contribution in [0.3, 0.4) is 0 Å². The van der Waals surface area contributed by atoms with Crippen LogP contribution in [-0.2, 0) is 6.42 Å². The normalized spacial score (nSPS) is 9.86. The van der Waals surface area contributed by atoms with Gasteiger partial charge >= 0.3 is 0 Å². The van der Waals surface area contributed by atoms with Crippen molar-refractivity contribution in [1.82, 2.24) is 5.32 Å². The Labute approximate surface area is 86.1 Å². The molecule has 0 aliphatic heterocycles. The summed E-state index contributed by atoms with van der Waals surface area (Å²) in [7, 11) is 0. The standard InChI is InChI=1S/C9H10F2N2S/c10-7-3-6(4-8(11)5-7)1-2-13-9(12)14/h3-5H,1-2H2,(H3,12,13,14). The van der Waals surface area contributed by atoms with Crippen LogP contribution in [0.4, 0.5) is 8.78 Å². The van der Waals surface area contributed by atoms with Crippen LogP contribution in [0, 0.1) is 11.6 Å². The Morgan fingerprint density at radius 3 is 2.36 bits per heavy atom. The van der Waals surface area contributed by atoms with Crippen LogP contribution in [0.1, 0.15) is 5.56 Å². The van der Waals surface area contributed by atoms with Crippen LogP contribution in [-0.4, -0.2) is 11.7 Å². The molecular formula is C9H10F2N2S. The van der Waals surface area contributed by atoms with Gasteiger partial charge in [0, 0.05) is 12.6 Å². The summed E-state index contributed by atoms with van der Waals surface area (Å²) in [5.41, 5.74) is 5.76. The van der Waals surface area contributed by atoms with Crippen LogP contribution in [0.2, 0.25) is 0 Å². The molecule has 3 N–H and O–H groups in total. The highest BCUT2D eigenvalue weighted by Crippen LogP contribution is 2.07. The number of nitrogens with two attached hydrogens (primary N) is 1. The first-order valence-corrected chi connectivity index (χ1v) is 4.47. The van der Waals surface area contributed by atoms with Crippen molar-refractivity contribution in [3.05, 3.63) is 35.4 Å². The van der Waals surface area contributed by atoms with E-state index in [1.54, 1.807) is 0 Å². The van der Waals surface area contributed by atoms with Gasteiger partial charge in [-0.1, -0.05) is 0 Å². The zero-order chi connectivity index (χ0) is 10.6. The minimum absolute atomic E-state index is 0.182. The van der Waals surface area contributed by atoms with Gasteiger partial charge in [0.15, 0.2) is 5.11 Å². The molecule has 0 saturated carbocycles. The molecule has 1 aromatic rings. The molecule has 14 heavy (non-hydrogen) atoms. The number of rotatable bonds is 3. The van der Waals surface area contributed by atoms with Crippen molar-refractivity contribution in [2.75, 3.05) is 6.54 Å². The SMILES string of the molecule is NC(=S)NCCc1cc(F)cc(F)c1. The maximum Gasteiger partial charge on any atom is 0.163 e. The molecule has 76 valence electrons. The van der Waals surface area contributed by atoms with E-state index >= 15 is 0 Å². The molecule has 0 fully saturated rings. The average molecular weight is 216 g/mol. The molecule has 0 unspecified atom stereocenters. The molecule has 5 heteroatoms. The maximum absolute atomic E-state index is 12.7. The zero-order valence-electron chi connectivity index (χ0n) is 7.39. The third-order valence-electron chi connectivity index (χ3n) is 1.64. The van der Waals surface area contributed by atoms with Gasteiger partial charge in [-0.25, -0.2) is 8.78 Å². The summed E-state index contributed by atoms with van der Waals surface area (Å²) in [5.74, 6) is -1.15. The lowest BCUT2D eigenvalue weighted by molar-refractivity contribution is 0.579. The molecular weight excluding hydrogens is 206 g/mol. The van der Waals surface area contributed by atoms with Crippen molar-refractivity contribution in [1.29, 1.82) is 0 Å². The van der Waals surface area contributed by atoms with Gasteiger partial charge in [-0.15, -0.1) is 0 Å². The van der Waals surface area contributed by atoms with Gasteiger partial charge in [-0.05, 0) is 36.3 Å². The second-order valence-electron chi connectivity index (χ2n) is 2.82. The van der Waals surface area contributed by atoms with Crippen LogP contribution in [0.5, 0.6) is 0 Å². The number of benzene rings is 1. The first-order valence-electron chi connectivity index (χ1n) is 4.06. The van der Waals surface area contributed by atoms with Crippen molar-refractivity contribution in [3.63, 3.8) is 0 Å². The molecule has 1 aromatic carbocycles. The first-order chi connectivity index (χ1) is 6.58. The van der Waals surface area contributed by atoms with Gasteiger partial charge in [-0.3, -0.25) is 0 Å². The van der Waals surface area contributed by atoms with Crippen molar-refractivity contribution in [2.24, 2.45) is 5.73 Å². The van der Waals surface area contributed by atoms with Gasteiger partial charge in [0.25, 0.3) is 0 Å². The van der Waals surface area contributed by atoms with Crippen LogP contribution >= 0.6 is 12.2 Å². The Morgan fingerprint density at radius 2 is 1.86 bits per heavy atom. The van der Waals surface area contributed by atoms with E-state index in [0.717, 1.165) is 6.07 Å². The molecule has 0 aliphatic rings. The smallest absolute Gasteiger partial charge is 0.163 e. The predicted molar refractivity (Wildman–Crippen MR) is 54.9 cm³/mol. The molecule has 0 saturated heterocycles. The third kappa shape index (κ3) is 3.66. The van der Waals surface area contributed by atoms with Gasteiger partial charge in [0.05, 0.1) is 0 Å². The van der Waals surface area contributed by atoms with E-state index < -0.39 is 11.6 Å². The van der Waals surface area contributed by atoms with Crippen molar-refractivity contribution in [3.8, 4) is 0 Å². The van der Waals surface area contributed by atoms with Crippen LogP contribution in [0.25, 0.3) is 0 Å². The average Bonchev–Trinajstić information content (AvgIpc) is 2.01. The fraction of sp³-hybridized carbons (Fsp3) is 0.222. The van der Waals surface area contributed by atoms with E-state index in [1.165, 1.54) is 12.1 Å². The second-order valence-corrected chi connectivity index (χ2v) is 3.26. The summed E-state index contributed by atoms with van der Waals surface area (Å²) in [5, 5.41) is 2.88.